The van der Waals surface area contributed by atoms with Crippen molar-refractivity contribution >= 4 is 45.8 Å². The highest BCUT2D eigenvalue weighted by Gasteiger charge is 2.68. The highest BCUT2D eigenvalue weighted by Crippen LogP contribution is 2.53. The van der Waals surface area contributed by atoms with Crippen LogP contribution < -0.4 is 5.73 Å². The van der Waals surface area contributed by atoms with E-state index in [0.29, 0.717) is 24.3 Å². The maximum Gasteiger partial charge on any atom is 0.335 e. The monoisotopic (exact) mass is 584 g/mol. The van der Waals surface area contributed by atoms with Crippen LogP contribution in [0.2, 0.25) is 27.3 Å². The molecule has 3 fully saturated rings. The summed E-state index contributed by atoms with van der Waals surface area (Å²) >= 11 is 6.34. The average molecular weight is 585 g/mol. The number of hydroxylamine groups is 2. The van der Waals surface area contributed by atoms with Gasteiger partial charge in [-0.2, -0.15) is 15.0 Å². The molecular weight excluding hydrogens is 544 g/mol. The zero-order valence-corrected chi connectivity index (χ0v) is 26.5. The molecule has 0 radical (unpaired) electrons. The van der Waals surface area contributed by atoms with E-state index in [-0.39, 0.29) is 33.3 Å². The number of nitrogens with zero attached hydrogens (tertiary/aromatic N) is 5. The molecule has 3 aliphatic rings. The van der Waals surface area contributed by atoms with Crippen LogP contribution in [-0.2, 0) is 22.5 Å². The lowest BCUT2D eigenvalue weighted by atomic mass is 9.94. The first-order valence-electron chi connectivity index (χ1n) is 13.5. The highest BCUT2D eigenvalue weighted by atomic mass is 35.5. The summed E-state index contributed by atoms with van der Waals surface area (Å²) < 4.78 is 30.6. The van der Waals surface area contributed by atoms with Crippen LogP contribution in [0.4, 0.5) is 5.95 Å². The second kappa shape index (κ2) is 9.73. The van der Waals surface area contributed by atoms with Crippen molar-refractivity contribution in [3.63, 3.8) is 0 Å². The standard InChI is InChI=1S/C24H41ClN6O5Si2/c1-13(2)37(14(3)4)32-11-24-10-30(9)34-18(19(24)35-38(36-37,15(5)6)16(7)8)22(33-24)31-12-27-17-20(25)28-23(26)29-21(17)31/h12-16,18-19,22H,10-11H2,1-9H3,(H2,26,28,29)/t18-,19+,22-,24-/m1/s1. The number of fused-ring (bicyclic) bond motifs is 1. The van der Waals surface area contributed by atoms with Gasteiger partial charge in [0.2, 0.25) is 5.95 Å². The van der Waals surface area contributed by atoms with E-state index < -0.39 is 41.2 Å². The zero-order valence-electron chi connectivity index (χ0n) is 23.8. The van der Waals surface area contributed by atoms with Crippen molar-refractivity contribution in [2.75, 3.05) is 25.9 Å². The summed E-state index contributed by atoms with van der Waals surface area (Å²) in [5.41, 5.74) is 6.93. The Labute approximate surface area is 231 Å². The molecule has 0 spiro atoms. The summed E-state index contributed by atoms with van der Waals surface area (Å²) in [7, 11) is -3.71. The van der Waals surface area contributed by atoms with Crippen molar-refractivity contribution < 1.29 is 22.5 Å². The molecular formula is C24H41ClN6O5Si2. The quantitative estimate of drug-likeness (QED) is 0.396. The maximum atomic E-state index is 7.37. The molecule has 2 aromatic rings. The molecule has 3 aliphatic heterocycles. The molecule has 2 bridgehead atoms. The van der Waals surface area contributed by atoms with Gasteiger partial charge in [0.05, 0.1) is 19.5 Å². The molecule has 2 N–H and O–H groups in total. The van der Waals surface area contributed by atoms with Gasteiger partial charge >= 0.3 is 17.1 Å². The van der Waals surface area contributed by atoms with Crippen molar-refractivity contribution in [2.45, 2.75) is 102 Å². The van der Waals surface area contributed by atoms with Crippen molar-refractivity contribution in [3.05, 3.63) is 11.5 Å². The van der Waals surface area contributed by atoms with E-state index in [1.807, 2.05) is 16.7 Å². The molecule has 0 unspecified atom stereocenters. The van der Waals surface area contributed by atoms with Crippen molar-refractivity contribution in [1.29, 1.82) is 0 Å². The zero-order chi connectivity index (χ0) is 27.8. The Bertz CT molecular complexity index is 1180. The fraction of sp³-hybridized carbons (Fsp3) is 0.792. The largest absolute Gasteiger partial charge is 0.414 e. The van der Waals surface area contributed by atoms with Crippen LogP contribution in [0, 0.1) is 0 Å². The summed E-state index contributed by atoms with van der Waals surface area (Å²) in [5.74, 6) is 0.0658. The molecule has 0 amide bonds. The third kappa shape index (κ3) is 4.17. The van der Waals surface area contributed by atoms with E-state index in [1.54, 1.807) is 6.33 Å². The van der Waals surface area contributed by atoms with E-state index in [2.05, 4.69) is 70.3 Å². The lowest BCUT2D eigenvalue weighted by Gasteiger charge is -2.55. The van der Waals surface area contributed by atoms with Gasteiger partial charge in [-0.25, -0.2) is 4.98 Å². The van der Waals surface area contributed by atoms with Gasteiger partial charge in [-0.1, -0.05) is 67.0 Å². The van der Waals surface area contributed by atoms with Gasteiger partial charge < -0.3 is 23.4 Å². The third-order valence-corrected chi connectivity index (χ3v) is 18.8. The van der Waals surface area contributed by atoms with Crippen molar-refractivity contribution in [1.82, 2.24) is 24.6 Å². The van der Waals surface area contributed by atoms with Crippen LogP contribution in [0.1, 0.15) is 61.6 Å². The number of hydrogen-bond acceptors (Lipinski definition) is 10. The number of nitrogen functional groups attached to an aromatic ring is 1. The highest BCUT2D eigenvalue weighted by molar-refractivity contribution is 6.84. The fourth-order valence-corrected chi connectivity index (χ4v) is 18.0. The first kappa shape index (κ1) is 28.4. The van der Waals surface area contributed by atoms with Crippen molar-refractivity contribution in [3.8, 4) is 0 Å². The predicted molar refractivity (Wildman–Crippen MR) is 149 cm³/mol. The normalized spacial score (nSPS) is 31.4. The molecule has 14 heteroatoms. The van der Waals surface area contributed by atoms with Crippen LogP contribution in [-0.4, -0.2) is 79.7 Å². The Kier molecular flexibility index (Phi) is 7.27. The summed E-state index contributed by atoms with van der Waals surface area (Å²) in [6.07, 6.45) is 0.142. The minimum Gasteiger partial charge on any atom is -0.414 e. The number of likely N-dealkylation sites (N-methyl/N-ethyl adjacent to an activating group) is 1. The van der Waals surface area contributed by atoms with Crippen LogP contribution >= 0.6 is 11.6 Å². The first-order chi connectivity index (χ1) is 17.8. The van der Waals surface area contributed by atoms with Crippen molar-refractivity contribution in [2.24, 2.45) is 0 Å². The van der Waals surface area contributed by atoms with Gasteiger partial charge in [-0.3, -0.25) is 9.40 Å². The van der Waals surface area contributed by atoms with E-state index in [4.69, 9.17) is 39.9 Å². The van der Waals surface area contributed by atoms with Crippen LogP contribution in [0.25, 0.3) is 11.2 Å². The Morgan fingerprint density at radius 3 is 2.26 bits per heavy atom. The maximum absolute atomic E-state index is 7.37. The van der Waals surface area contributed by atoms with E-state index in [0.717, 1.165) is 0 Å². The Morgan fingerprint density at radius 2 is 1.66 bits per heavy atom. The van der Waals surface area contributed by atoms with Gasteiger partial charge in [-0.15, -0.1) is 0 Å². The second-order valence-electron chi connectivity index (χ2n) is 12.1. The summed E-state index contributed by atoms with van der Waals surface area (Å²) in [5, 5.41) is 2.02. The minimum atomic E-state index is -2.88. The molecule has 11 nitrogen and oxygen atoms in total. The Morgan fingerprint density at radius 1 is 1.03 bits per heavy atom. The summed E-state index contributed by atoms with van der Waals surface area (Å²) in [6.45, 7) is 18.5. The van der Waals surface area contributed by atoms with E-state index in [1.165, 1.54) is 0 Å². The van der Waals surface area contributed by atoms with E-state index in [9.17, 15) is 0 Å². The number of nitrogens with two attached hydrogens (primary N) is 1. The molecule has 38 heavy (non-hydrogen) atoms. The minimum absolute atomic E-state index is 0.0658. The number of aromatic nitrogens is 4. The molecule has 2 aromatic heterocycles. The second-order valence-corrected chi connectivity index (χ2v) is 21.3. The molecule has 0 aliphatic carbocycles. The molecule has 0 saturated carbocycles. The summed E-state index contributed by atoms with van der Waals surface area (Å²) in [6, 6.07) is 0. The molecule has 4 atom stereocenters. The van der Waals surface area contributed by atoms with Gasteiger partial charge in [0.1, 0.15) is 17.2 Å². The average Bonchev–Trinajstić information content (AvgIpc) is 3.28. The van der Waals surface area contributed by atoms with Gasteiger partial charge in [-0.05, 0) is 22.2 Å². The Hall–Kier alpha value is -1.17. The third-order valence-electron chi connectivity index (χ3n) is 8.31. The molecule has 5 rings (SSSR count). The SMILES string of the molecule is CC(C)[Si]1(C(C)C)OC[C@@]23CN(C)O[C@@H]([C@H](n4cnc5c(Cl)nc(N)nc54)O2)[C@@H]3O[Si](C(C)C)(C(C)C)O1. The lowest BCUT2D eigenvalue weighted by Crippen LogP contribution is -2.71. The van der Waals surface area contributed by atoms with Gasteiger partial charge in [0, 0.05) is 7.05 Å². The smallest absolute Gasteiger partial charge is 0.335 e. The first-order valence-corrected chi connectivity index (χ1v) is 17.8. The topological polar surface area (TPSA) is 119 Å². The number of halogens is 1. The molecule has 3 saturated heterocycles. The number of rotatable bonds is 5. The number of ether oxygens (including phenoxy) is 1. The van der Waals surface area contributed by atoms with Crippen LogP contribution in [0.3, 0.4) is 0 Å². The van der Waals surface area contributed by atoms with Gasteiger partial charge in [0.25, 0.3) is 0 Å². The van der Waals surface area contributed by atoms with E-state index >= 15 is 0 Å². The van der Waals surface area contributed by atoms with Crippen LogP contribution in [0.5, 0.6) is 0 Å². The predicted octanol–water partition coefficient (Wildman–Crippen LogP) is 4.53. The van der Waals surface area contributed by atoms with Crippen LogP contribution in [0.15, 0.2) is 6.33 Å². The number of hydrogen-bond donors (Lipinski definition) is 1. The Balaban J connectivity index is 1.67. The van der Waals surface area contributed by atoms with Gasteiger partial charge in [0.15, 0.2) is 23.1 Å². The molecule has 5 heterocycles. The number of anilines is 1. The lowest BCUT2D eigenvalue weighted by molar-refractivity contribution is -0.257. The number of imidazole rings is 1. The molecule has 212 valence electrons. The fourth-order valence-electron chi connectivity index (χ4n) is 6.46. The molecule has 0 aromatic carbocycles. The summed E-state index contributed by atoms with van der Waals surface area (Å²) in [4.78, 5) is 19.4.